The van der Waals surface area contributed by atoms with Crippen molar-refractivity contribution in [3.8, 4) is 6.07 Å². The third kappa shape index (κ3) is 2.55. The van der Waals surface area contributed by atoms with Gasteiger partial charge in [-0.2, -0.15) is 5.26 Å². The molecule has 2 fully saturated rings. The van der Waals surface area contributed by atoms with Gasteiger partial charge in [0.15, 0.2) is 0 Å². The van der Waals surface area contributed by atoms with Gasteiger partial charge in [0.25, 0.3) is 0 Å². The first-order valence-corrected chi connectivity index (χ1v) is 6.42. The molecule has 0 bridgehead atoms. The highest BCUT2D eigenvalue weighted by atomic mass is 16.2. The topological polar surface area (TPSA) is 52.9 Å². The van der Waals surface area contributed by atoms with Crippen LogP contribution in [-0.4, -0.2) is 11.9 Å². The lowest BCUT2D eigenvalue weighted by Gasteiger charge is -2.28. The first-order valence-electron chi connectivity index (χ1n) is 6.42. The Bertz CT molecular complexity index is 304. The Kier molecular flexibility index (Phi) is 3.48. The minimum atomic E-state index is -0.235. The Balaban J connectivity index is 1.88. The van der Waals surface area contributed by atoms with Gasteiger partial charge in [0.2, 0.25) is 5.91 Å². The molecule has 0 heterocycles. The van der Waals surface area contributed by atoms with Crippen molar-refractivity contribution in [2.24, 2.45) is 17.8 Å². The van der Waals surface area contributed by atoms with Gasteiger partial charge in [0, 0.05) is 5.92 Å². The molecule has 2 aliphatic rings. The van der Waals surface area contributed by atoms with E-state index in [1.165, 1.54) is 6.42 Å². The van der Waals surface area contributed by atoms with Gasteiger partial charge in [0.05, 0.1) is 6.07 Å². The molecule has 0 aromatic carbocycles. The molecule has 2 aliphatic carbocycles. The molecule has 0 aromatic heterocycles. The fourth-order valence-electron chi connectivity index (χ4n) is 2.65. The summed E-state index contributed by atoms with van der Waals surface area (Å²) in [4.78, 5) is 12.0. The van der Waals surface area contributed by atoms with Crippen LogP contribution in [0.2, 0.25) is 0 Å². The van der Waals surface area contributed by atoms with Gasteiger partial charge in [-0.1, -0.05) is 19.8 Å². The number of hydrogen-bond donors (Lipinski definition) is 1. The molecule has 1 amide bonds. The van der Waals surface area contributed by atoms with E-state index in [-0.39, 0.29) is 17.9 Å². The Morgan fingerprint density at radius 1 is 1.31 bits per heavy atom. The number of amides is 1. The predicted molar refractivity (Wildman–Crippen MR) is 61.4 cm³/mol. The van der Waals surface area contributed by atoms with E-state index in [0.29, 0.717) is 11.8 Å². The number of rotatable bonds is 3. The second kappa shape index (κ2) is 4.86. The quantitative estimate of drug-likeness (QED) is 0.793. The van der Waals surface area contributed by atoms with Crippen molar-refractivity contribution >= 4 is 5.91 Å². The van der Waals surface area contributed by atoms with Gasteiger partial charge in [-0.15, -0.1) is 0 Å². The smallest absolute Gasteiger partial charge is 0.224 e. The molecule has 0 spiro atoms. The summed E-state index contributed by atoms with van der Waals surface area (Å²) in [6.07, 6.45) is 6.74. The second-order valence-corrected chi connectivity index (χ2v) is 5.32. The van der Waals surface area contributed by atoms with Crippen LogP contribution >= 0.6 is 0 Å². The van der Waals surface area contributed by atoms with Crippen molar-refractivity contribution < 1.29 is 4.79 Å². The average molecular weight is 220 g/mol. The molecule has 3 unspecified atom stereocenters. The van der Waals surface area contributed by atoms with Crippen LogP contribution in [0.3, 0.4) is 0 Å². The zero-order valence-electron chi connectivity index (χ0n) is 9.91. The molecular weight excluding hydrogens is 200 g/mol. The van der Waals surface area contributed by atoms with Crippen molar-refractivity contribution in [1.29, 1.82) is 5.26 Å². The highest BCUT2D eigenvalue weighted by molar-refractivity contribution is 5.79. The van der Waals surface area contributed by atoms with E-state index in [0.717, 1.165) is 32.1 Å². The fourth-order valence-corrected chi connectivity index (χ4v) is 2.65. The van der Waals surface area contributed by atoms with Crippen molar-refractivity contribution in [3.63, 3.8) is 0 Å². The minimum Gasteiger partial charge on any atom is -0.340 e. The van der Waals surface area contributed by atoms with Crippen LogP contribution in [0.15, 0.2) is 0 Å². The molecule has 2 rings (SSSR count). The number of nitrogens with zero attached hydrogens (tertiary/aromatic N) is 1. The standard InChI is InChI=1S/C13H20N2O/c1-9-4-2-3-5-11(9)13(16)15-12(8-14)10-6-7-10/h9-12H,2-7H2,1H3,(H,15,16). The van der Waals surface area contributed by atoms with Crippen LogP contribution in [-0.2, 0) is 4.79 Å². The van der Waals surface area contributed by atoms with E-state index in [9.17, 15) is 4.79 Å². The van der Waals surface area contributed by atoms with Crippen LogP contribution in [0.1, 0.15) is 45.4 Å². The van der Waals surface area contributed by atoms with Crippen molar-refractivity contribution in [3.05, 3.63) is 0 Å². The molecule has 1 N–H and O–H groups in total. The maximum absolute atomic E-state index is 12.0. The summed E-state index contributed by atoms with van der Waals surface area (Å²) in [5.74, 6) is 1.16. The van der Waals surface area contributed by atoms with Crippen molar-refractivity contribution in [2.75, 3.05) is 0 Å². The van der Waals surface area contributed by atoms with E-state index in [4.69, 9.17) is 5.26 Å². The van der Waals surface area contributed by atoms with E-state index >= 15 is 0 Å². The molecule has 2 saturated carbocycles. The summed E-state index contributed by atoms with van der Waals surface area (Å²) in [6, 6.07) is 1.98. The summed E-state index contributed by atoms with van der Waals surface area (Å²) in [7, 11) is 0. The molecule has 88 valence electrons. The molecule has 3 nitrogen and oxygen atoms in total. The fraction of sp³-hybridized carbons (Fsp3) is 0.846. The second-order valence-electron chi connectivity index (χ2n) is 5.32. The Labute approximate surface area is 97.2 Å². The highest BCUT2D eigenvalue weighted by Gasteiger charge is 2.35. The van der Waals surface area contributed by atoms with Crippen molar-refractivity contribution in [1.82, 2.24) is 5.32 Å². The average Bonchev–Trinajstić information content (AvgIpc) is 3.10. The predicted octanol–water partition coefficient (Wildman–Crippen LogP) is 2.23. The maximum Gasteiger partial charge on any atom is 0.224 e. The summed E-state index contributed by atoms with van der Waals surface area (Å²) in [6.45, 7) is 2.15. The van der Waals surface area contributed by atoms with Crippen LogP contribution in [0.25, 0.3) is 0 Å². The largest absolute Gasteiger partial charge is 0.340 e. The first kappa shape index (κ1) is 11.4. The maximum atomic E-state index is 12.0. The molecule has 3 heteroatoms. The van der Waals surface area contributed by atoms with E-state index in [2.05, 4.69) is 18.3 Å². The van der Waals surface area contributed by atoms with Gasteiger partial charge in [-0.25, -0.2) is 0 Å². The van der Waals surface area contributed by atoms with Crippen LogP contribution < -0.4 is 5.32 Å². The lowest BCUT2D eigenvalue weighted by molar-refractivity contribution is -0.128. The van der Waals surface area contributed by atoms with E-state index in [1.54, 1.807) is 0 Å². The van der Waals surface area contributed by atoms with Crippen LogP contribution in [0.4, 0.5) is 0 Å². The van der Waals surface area contributed by atoms with Gasteiger partial charge >= 0.3 is 0 Å². The number of carbonyl (C=O) groups excluding carboxylic acids is 1. The zero-order valence-corrected chi connectivity index (χ0v) is 9.91. The molecule has 0 aromatic rings. The minimum absolute atomic E-state index is 0.116. The normalized spacial score (nSPS) is 31.5. The zero-order chi connectivity index (χ0) is 11.5. The number of nitriles is 1. The lowest BCUT2D eigenvalue weighted by atomic mass is 9.80. The Hall–Kier alpha value is -1.04. The summed E-state index contributed by atoms with van der Waals surface area (Å²) in [5.41, 5.74) is 0. The lowest BCUT2D eigenvalue weighted by Crippen LogP contribution is -2.42. The Morgan fingerprint density at radius 2 is 2.00 bits per heavy atom. The third-order valence-corrected chi connectivity index (χ3v) is 3.98. The molecule has 0 saturated heterocycles. The van der Waals surface area contributed by atoms with Gasteiger partial charge in [0.1, 0.15) is 6.04 Å². The van der Waals surface area contributed by atoms with Gasteiger partial charge < -0.3 is 5.32 Å². The summed E-state index contributed by atoms with van der Waals surface area (Å²) < 4.78 is 0. The van der Waals surface area contributed by atoms with Crippen LogP contribution in [0.5, 0.6) is 0 Å². The molecule has 0 radical (unpaired) electrons. The third-order valence-electron chi connectivity index (χ3n) is 3.98. The number of carbonyl (C=O) groups is 1. The summed E-state index contributed by atoms with van der Waals surface area (Å²) in [5, 5.41) is 11.9. The molecule has 3 atom stereocenters. The van der Waals surface area contributed by atoms with Gasteiger partial charge in [-0.05, 0) is 37.5 Å². The first-order chi connectivity index (χ1) is 7.72. The monoisotopic (exact) mass is 220 g/mol. The molecular formula is C13H20N2O. The molecule has 16 heavy (non-hydrogen) atoms. The highest BCUT2D eigenvalue weighted by Crippen LogP contribution is 2.34. The number of nitrogens with one attached hydrogen (secondary N) is 1. The SMILES string of the molecule is CC1CCCCC1C(=O)NC(C#N)C1CC1. The Morgan fingerprint density at radius 3 is 2.56 bits per heavy atom. The van der Waals surface area contributed by atoms with Gasteiger partial charge in [-0.3, -0.25) is 4.79 Å². The van der Waals surface area contributed by atoms with E-state index < -0.39 is 0 Å². The van der Waals surface area contributed by atoms with Crippen LogP contribution in [0, 0.1) is 29.1 Å². The number of hydrogen-bond acceptors (Lipinski definition) is 2. The van der Waals surface area contributed by atoms with Crippen molar-refractivity contribution in [2.45, 2.75) is 51.5 Å². The van der Waals surface area contributed by atoms with E-state index in [1.807, 2.05) is 0 Å². The molecule has 0 aliphatic heterocycles. The summed E-state index contributed by atoms with van der Waals surface area (Å²) >= 11 is 0.